The summed E-state index contributed by atoms with van der Waals surface area (Å²) in [4.78, 5) is 12.0. The fourth-order valence-corrected chi connectivity index (χ4v) is 2.76. The number of amides is 1. The van der Waals surface area contributed by atoms with Crippen molar-refractivity contribution in [3.63, 3.8) is 0 Å². The molecule has 1 atom stereocenters. The van der Waals surface area contributed by atoms with E-state index in [9.17, 15) is 4.79 Å². The summed E-state index contributed by atoms with van der Waals surface area (Å²) in [7, 11) is 0. The van der Waals surface area contributed by atoms with Crippen LogP contribution in [0.5, 0.6) is 0 Å². The SMILES string of the molecule is CC(C(=O)NC12CC(N)(C1)C2)C(C)(C)C. The summed E-state index contributed by atoms with van der Waals surface area (Å²) in [6.45, 7) is 8.30. The van der Waals surface area contributed by atoms with E-state index in [2.05, 4.69) is 26.1 Å². The highest BCUT2D eigenvalue weighted by Crippen LogP contribution is 2.58. The van der Waals surface area contributed by atoms with Crippen LogP contribution in [-0.4, -0.2) is 17.0 Å². The van der Waals surface area contributed by atoms with Crippen molar-refractivity contribution in [2.45, 2.75) is 58.0 Å². The number of rotatable bonds is 2. The molecule has 15 heavy (non-hydrogen) atoms. The minimum atomic E-state index is 0.0357. The topological polar surface area (TPSA) is 55.1 Å². The predicted octanol–water partition coefficient (Wildman–Crippen LogP) is 1.42. The molecule has 3 N–H and O–H groups in total. The average molecular weight is 210 g/mol. The lowest BCUT2D eigenvalue weighted by atomic mass is 9.44. The smallest absolute Gasteiger partial charge is 0.223 e. The molecule has 1 amide bonds. The third-order valence-corrected chi connectivity index (χ3v) is 4.15. The van der Waals surface area contributed by atoms with E-state index < -0.39 is 0 Å². The standard InChI is InChI=1S/C12H22N2O/c1-8(10(2,3)4)9(15)14-12-5-11(13,6-12)7-12/h8H,5-7,13H2,1-4H3,(H,14,15). The van der Waals surface area contributed by atoms with Gasteiger partial charge in [-0.2, -0.15) is 0 Å². The summed E-state index contributed by atoms with van der Waals surface area (Å²) in [6.07, 6.45) is 2.92. The second-order valence-corrected chi connectivity index (χ2v) is 6.75. The van der Waals surface area contributed by atoms with Crippen LogP contribution in [0.3, 0.4) is 0 Å². The van der Waals surface area contributed by atoms with E-state index in [4.69, 9.17) is 5.73 Å². The van der Waals surface area contributed by atoms with Crippen LogP contribution in [0.1, 0.15) is 47.0 Å². The Bertz CT molecular complexity index is 283. The fraction of sp³-hybridized carbons (Fsp3) is 0.917. The predicted molar refractivity (Wildman–Crippen MR) is 60.3 cm³/mol. The van der Waals surface area contributed by atoms with Crippen LogP contribution in [0, 0.1) is 11.3 Å². The summed E-state index contributed by atoms with van der Waals surface area (Å²) in [5.41, 5.74) is 6.14. The molecule has 3 aliphatic carbocycles. The van der Waals surface area contributed by atoms with Gasteiger partial charge < -0.3 is 11.1 Å². The second kappa shape index (κ2) is 2.76. The number of nitrogens with two attached hydrogens (primary N) is 1. The van der Waals surface area contributed by atoms with Gasteiger partial charge >= 0.3 is 0 Å². The van der Waals surface area contributed by atoms with E-state index >= 15 is 0 Å². The summed E-state index contributed by atoms with van der Waals surface area (Å²) >= 11 is 0. The Hall–Kier alpha value is -0.570. The molecule has 3 saturated carbocycles. The molecule has 3 rings (SSSR count). The molecule has 1 unspecified atom stereocenters. The molecule has 3 nitrogen and oxygen atoms in total. The van der Waals surface area contributed by atoms with E-state index in [-0.39, 0.29) is 28.3 Å². The van der Waals surface area contributed by atoms with Gasteiger partial charge in [-0.1, -0.05) is 27.7 Å². The monoisotopic (exact) mass is 210 g/mol. The molecule has 0 aromatic carbocycles. The molecule has 0 heterocycles. The van der Waals surface area contributed by atoms with Gasteiger partial charge in [-0.25, -0.2) is 0 Å². The molecule has 3 heteroatoms. The van der Waals surface area contributed by atoms with Gasteiger partial charge in [-0.05, 0) is 24.7 Å². The first-order valence-electron chi connectivity index (χ1n) is 5.77. The highest BCUT2D eigenvalue weighted by Gasteiger charge is 2.66. The normalized spacial score (nSPS) is 40.1. The zero-order valence-corrected chi connectivity index (χ0v) is 10.2. The second-order valence-electron chi connectivity index (χ2n) is 6.75. The Morgan fingerprint density at radius 1 is 1.33 bits per heavy atom. The van der Waals surface area contributed by atoms with Crippen molar-refractivity contribution in [1.29, 1.82) is 0 Å². The summed E-state index contributed by atoms with van der Waals surface area (Å²) in [6, 6.07) is 0. The summed E-state index contributed by atoms with van der Waals surface area (Å²) < 4.78 is 0. The molecule has 0 aliphatic heterocycles. The summed E-state index contributed by atoms with van der Waals surface area (Å²) in [5.74, 6) is 0.240. The number of hydrogen-bond donors (Lipinski definition) is 2. The number of carbonyl (C=O) groups excluding carboxylic acids is 1. The Balaban J connectivity index is 1.89. The van der Waals surface area contributed by atoms with Gasteiger partial charge in [0, 0.05) is 17.0 Å². The quantitative estimate of drug-likeness (QED) is 0.724. The van der Waals surface area contributed by atoms with Crippen molar-refractivity contribution in [3.8, 4) is 0 Å². The van der Waals surface area contributed by atoms with E-state index in [0.29, 0.717) is 0 Å². The van der Waals surface area contributed by atoms with E-state index in [1.165, 1.54) is 0 Å². The van der Waals surface area contributed by atoms with Crippen molar-refractivity contribution in [2.24, 2.45) is 17.1 Å². The van der Waals surface area contributed by atoms with Crippen LogP contribution < -0.4 is 11.1 Å². The third-order valence-electron chi connectivity index (χ3n) is 4.15. The van der Waals surface area contributed by atoms with E-state index in [0.717, 1.165) is 19.3 Å². The summed E-state index contributed by atoms with van der Waals surface area (Å²) in [5, 5.41) is 3.17. The molecule has 0 radical (unpaired) electrons. The number of carbonyl (C=O) groups is 1. The fourth-order valence-electron chi connectivity index (χ4n) is 2.76. The van der Waals surface area contributed by atoms with Crippen LogP contribution in [-0.2, 0) is 4.79 Å². The number of hydrogen-bond acceptors (Lipinski definition) is 2. The Labute approximate surface area is 91.8 Å². The molecule has 0 aromatic rings. The lowest BCUT2D eigenvalue weighted by molar-refractivity contribution is -0.142. The van der Waals surface area contributed by atoms with Crippen molar-refractivity contribution >= 4 is 5.91 Å². The molecule has 2 bridgehead atoms. The maximum atomic E-state index is 12.0. The largest absolute Gasteiger partial charge is 0.350 e. The van der Waals surface area contributed by atoms with Gasteiger partial charge in [0.05, 0.1) is 0 Å². The van der Waals surface area contributed by atoms with Crippen molar-refractivity contribution in [3.05, 3.63) is 0 Å². The van der Waals surface area contributed by atoms with Gasteiger partial charge in [0.1, 0.15) is 0 Å². The zero-order valence-electron chi connectivity index (χ0n) is 10.2. The minimum Gasteiger partial charge on any atom is -0.350 e. The highest BCUT2D eigenvalue weighted by atomic mass is 16.2. The zero-order chi connectivity index (χ0) is 11.5. The Morgan fingerprint density at radius 3 is 2.13 bits per heavy atom. The van der Waals surface area contributed by atoms with Crippen LogP contribution in [0.4, 0.5) is 0 Å². The Kier molecular flexibility index (Phi) is 2.01. The van der Waals surface area contributed by atoms with Gasteiger partial charge in [-0.3, -0.25) is 4.79 Å². The minimum absolute atomic E-state index is 0.0357. The van der Waals surface area contributed by atoms with Crippen LogP contribution in [0.2, 0.25) is 0 Å². The molecular weight excluding hydrogens is 188 g/mol. The molecular formula is C12H22N2O. The molecule has 0 saturated heterocycles. The third kappa shape index (κ3) is 1.67. The van der Waals surface area contributed by atoms with Crippen LogP contribution in [0.15, 0.2) is 0 Å². The average Bonchev–Trinajstić information content (AvgIpc) is 1.96. The maximum Gasteiger partial charge on any atom is 0.223 e. The van der Waals surface area contributed by atoms with Crippen molar-refractivity contribution in [1.82, 2.24) is 5.32 Å². The first kappa shape index (κ1) is 10.9. The molecule has 86 valence electrons. The molecule has 0 spiro atoms. The van der Waals surface area contributed by atoms with E-state index in [1.54, 1.807) is 0 Å². The molecule has 3 fully saturated rings. The molecule has 0 aromatic heterocycles. The lowest BCUT2D eigenvalue weighted by Gasteiger charge is -2.69. The van der Waals surface area contributed by atoms with Crippen molar-refractivity contribution in [2.75, 3.05) is 0 Å². The van der Waals surface area contributed by atoms with Gasteiger partial charge in [0.25, 0.3) is 0 Å². The first-order valence-corrected chi connectivity index (χ1v) is 5.77. The Morgan fingerprint density at radius 2 is 1.80 bits per heavy atom. The highest BCUT2D eigenvalue weighted by molar-refractivity contribution is 5.80. The van der Waals surface area contributed by atoms with E-state index in [1.807, 2.05) is 6.92 Å². The van der Waals surface area contributed by atoms with Crippen LogP contribution in [0.25, 0.3) is 0 Å². The number of nitrogens with one attached hydrogen (secondary N) is 1. The molecule has 3 aliphatic rings. The van der Waals surface area contributed by atoms with Crippen molar-refractivity contribution < 1.29 is 4.79 Å². The first-order chi connectivity index (χ1) is 6.66. The van der Waals surface area contributed by atoms with Gasteiger partial charge in [0.2, 0.25) is 5.91 Å². The van der Waals surface area contributed by atoms with Crippen LogP contribution >= 0.6 is 0 Å². The van der Waals surface area contributed by atoms with Gasteiger partial charge in [-0.15, -0.1) is 0 Å². The lowest BCUT2D eigenvalue weighted by Crippen LogP contribution is -2.82. The van der Waals surface area contributed by atoms with Gasteiger partial charge in [0.15, 0.2) is 0 Å². The maximum absolute atomic E-state index is 12.0.